The summed E-state index contributed by atoms with van der Waals surface area (Å²) in [6, 6.07) is 29.4. The number of benzene rings is 6. The minimum Gasteiger partial charge on any atom is -0.456 e. The predicted molar refractivity (Wildman–Crippen MR) is 276 cm³/mol. The Morgan fingerprint density at radius 2 is 1.18 bits per heavy atom. The van der Waals surface area contributed by atoms with Crippen LogP contribution in [0.25, 0.3) is 39.5 Å². The molecule has 5 aromatic carbocycles. The Bertz CT molecular complexity index is 3620. The highest BCUT2D eigenvalue weighted by molar-refractivity contribution is 8.05. The lowest BCUT2D eigenvalue weighted by atomic mass is 9.92. The summed E-state index contributed by atoms with van der Waals surface area (Å²) in [5.74, 6) is -7.93. The number of nitrogens with zero attached hydrogens (tertiary/aromatic N) is 1. The van der Waals surface area contributed by atoms with Crippen molar-refractivity contribution in [1.29, 1.82) is 0 Å². The quantitative estimate of drug-likeness (QED) is 0.0484. The third-order valence-electron chi connectivity index (χ3n) is 12.3. The van der Waals surface area contributed by atoms with Gasteiger partial charge in [0.05, 0.1) is 15.9 Å². The van der Waals surface area contributed by atoms with Crippen molar-refractivity contribution in [3.63, 3.8) is 0 Å². The predicted octanol–water partition coefficient (Wildman–Crippen LogP) is 14.2. The molecule has 74 heavy (non-hydrogen) atoms. The van der Waals surface area contributed by atoms with E-state index in [1.807, 2.05) is 91.8 Å². The van der Waals surface area contributed by atoms with Gasteiger partial charge in [0, 0.05) is 45.6 Å². The van der Waals surface area contributed by atoms with Crippen molar-refractivity contribution in [2.24, 2.45) is 4.99 Å². The summed E-state index contributed by atoms with van der Waals surface area (Å²) < 4.78 is 184. The molecule has 5 aromatic rings. The van der Waals surface area contributed by atoms with Crippen molar-refractivity contribution in [1.82, 2.24) is 4.13 Å². The molecule has 0 fully saturated rings. The Morgan fingerprint density at radius 3 is 1.73 bits per heavy atom. The summed E-state index contributed by atoms with van der Waals surface area (Å²) in [5.41, 5.74) is 6.32. The van der Waals surface area contributed by atoms with Crippen LogP contribution in [0.1, 0.15) is 107 Å². The number of nitrogens with one attached hydrogen (secondary N) is 2. The molecule has 0 bridgehead atoms. The second kappa shape index (κ2) is 20.3. The van der Waals surface area contributed by atoms with Crippen molar-refractivity contribution in [3.05, 3.63) is 161 Å². The zero-order chi connectivity index (χ0) is 54.5. The number of rotatable bonds is 18. The third-order valence-corrected chi connectivity index (χ3v) is 17.2. The molecule has 1 heterocycles. The van der Waals surface area contributed by atoms with Crippen LogP contribution in [0.3, 0.4) is 0 Å². The fraction of sp³-hybridized carbons (Fsp3) is 0.278. The van der Waals surface area contributed by atoms with E-state index < -0.39 is 57.2 Å². The molecule has 11 nitrogen and oxygen atoms in total. The zero-order valence-electron chi connectivity index (χ0n) is 41.3. The Kier molecular flexibility index (Phi) is 15.2. The van der Waals surface area contributed by atoms with E-state index in [2.05, 4.69) is 16.1 Å². The maximum absolute atomic E-state index is 15.7. The average molecular weight is 1080 g/mol. The van der Waals surface area contributed by atoms with Gasteiger partial charge in [0.15, 0.2) is 0 Å². The first kappa shape index (κ1) is 55.3. The van der Waals surface area contributed by atoms with E-state index in [1.165, 1.54) is 18.2 Å². The topological polar surface area (TPSA) is 161 Å². The van der Waals surface area contributed by atoms with Gasteiger partial charge in [-0.2, -0.15) is 34.8 Å². The van der Waals surface area contributed by atoms with Crippen LogP contribution in [0.5, 0.6) is 5.75 Å². The summed E-state index contributed by atoms with van der Waals surface area (Å²) >= 11 is 0. The van der Waals surface area contributed by atoms with Gasteiger partial charge >= 0.3 is 26.5 Å². The number of hydrogen-bond acceptors (Lipinski definition) is 10. The lowest BCUT2D eigenvalue weighted by Crippen LogP contribution is -2.63. The molecule has 2 N–H and O–H groups in total. The van der Waals surface area contributed by atoms with E-state index in [0.29, 0.717) is 27.3 Å². The van der Waals surface area contributed by atoms with Gasteiger partial charge in [0.2, 0.25) is 0 Å². The highest BCUT2D eigenvalue weighted by Crippen LogP contribution is 2.52. The summed E-state index contributed by atoms with van der Waals surface area (Å²) in [6.45, 7) is 19.7. The number of anilines is 2. The van der Waals surface area contributed by atoms with Crippen LogP contribution < -0.4 is 19.0 Å². The molecule has 1 aliphatic carbocycles. The van der Waals surface area contributed by atoms with Gasteiger partial charge in [-0.15, -0.1) is 0 Å². The van der Waals surface area contributed by atoms with Crippen molar-refractivity contribution < 1.29 is 60.2 Å². The van der Waals surface area contributed by atoms with Crippen molar-refractivity contribution in [2.45, 2.75) is 100 Å². The smallest absolute Gasteiger partial charge is 0.450 e. The van der Waals surface area contributed by atoms with Crippen molar-refractivity contribution in [2.75, 3.05) is 5.32 Å². The van der Waals surface area contributed by atoms with Gasteiger partial charge < -0.3 is 13.9 Å². The second-order valence-corrected chi connectivity index (χ2v) is 24.0. The number of hydrogen-bond donors (Lipinski definition) is 2. The minimum absolute atomic E-state index is 0.0293. The monoisotopic (exact) mass is 1080 g/mol. The molecule has 0 radical (unpaired) electrons. The number of para-hydroxylation sites is 2. The molecule has 2 aliphatic rings. The molecule has 0 spiro atoms. The van der Waals surface area contributed by atoms with Crippen molar-refractivity contribution >= 4 is 64.3 Å². The van der Waals surface area contributed by atoms with Gasteiger partial charge in [0.1, 0.15) is 17.1 Å². The van der Waals surface area contributed by atoms with Gasteiger partial charge in [-0.25, -0.2) is 21.8 Å². The summed E-state index contributed by atoms with van der Waals surface area (Å²) in [6.07, 6.45) is 1.23. The Labute approximate surface area is 426 Å². The first-order valence-corrected chi connectivity index (χ1v) is 27.6. The van der Waals surface area contributed by atoms with Crippen molar-refractivity contribution in [3.8, 4) is 28.2 Å². The molecule has 0 amide bonds. The maximum atomic E-state index is 15.7. The first-order chi connectivity index (χ1) is 34.5. The van der Waals surface area contributed by atoms with Gasteiger partial charge in [-0.1, -0.05) is 139 Å². The molecule has 0 aromatic heterocycles. The highest BCUT2D eigenvalue weighted by Gasteiger charge is 2.83. The van der Waals surface area contributed by atoms with E-state index in [-0.39, 0.29) is 62.7 Å². The molecule has 20 heteroatoms. The van der Waals surface area contributed by atoms with Crippen LogP contribution in [0.4, 0.5) is 43.4 Å². The first-order valence-electron chi connectivity index (χ1n) is 23.2. The third kappa shape index (κ3) is 10.2. The number of alkyl halides is 6. The zero-order valence-corrected chi connectivity index (χ0v) is 43.8. The Morgan fingerprint density at radius 1 is 0.622 bits per heavy atom. The molecule has 7 rings (SSSR count). The molecular weight excluding hydrogens is 1030 g/mol. The minimum atomic E-state index is -7.51. The molecule has 0 unspecified atom stereocenters. The average Bonchev–Trinajstić information content (AvgIpc) is 3.32. The summed E-state index contributed by atoms with van der Waals surface area (Å²) in [7, 11) is -20.7. The number of fused-ring (bicyclic) bond motifs is 2. The molecular formula is C54H53F6N3O8S3. The molecule has 0 saturated heterocycles. The Balaban J connectivity index is 1.40. The van der Waals surface area contributed by atoms with Crippen LogP contribution in [0.15, 0.2) is 142 Å². The highest BCUT2D eigenvalue weighted by atomic mass is 32.3. The standard InChI is InChI=1S/C54H53F6N3O8S3/c1-10-35-21-25-38(26-22-35)71-74(68,69)54(59,60)52(55,56)53(57,58)73(66,67)63-72(64,65)48-20-12-11-15-45(48)49-43-27-23-36(61-50-39(31(2)3)16-13-17-40(50)32(4)5)29-46(43)70-47-30-37(24-28-44(47)49)62-51-41(33(6)7)18-14-19-42(51)34(8)9/h10-34,61,63H,1H2,2-9H3. The van der Waals surface area contributed by atoms with E-state index in [9.17, 15) is 25.3 Å². The summed E-state index contributed by atoms with van der Waals surface area (Å²) in [4.78, 5) is 3.98. The fourth-order valence-corrected chi connectivity index (χ4v) is 12.5. The molecule has 392 valence electrons. The SMILES string of the molecule is C=Cc1ccc(OS(=O)(=O)C(F)(F)C(F)(F)C(F)(F)S(=O)(=O)NS(=O)(=O)c2ccccc2-c2c3ccc(=Nc4c(C(C)C)cccc4C(C)C)cc-3oc3cc(Nc4c(C(C)C)cccc4C(C)C)ccc23)cc1. The normalized spacial score (nSPS) is 13.5. The molecule has 1 aliphatic heterocycles. The van der Waals surface area contributed by atoms with E-state index >= 15 is 26.3 Å². The fourth-order valence-electron chi connectivity index (χ4n) is 8.41. The maximum Gasteiger partial charge on any atom is 0.450 e. The van der Waals surface area contributed by atoms with Crippen LogP contribution in [-0.2, 0) is 30.2 Å². The number of sulfonamides is 2. The van der Waals surface area contributed by atoms with Crippen LogP contribution >= 0.6 is 0 Å². The lowest BCUT2D eigenvalue weighted by Gasteiger charge is -2.31. The molecule has 0 atom stereocenters. The lowest BCUT2D eigenvalue weighted by molar-refractivity contribution is -0.245. The van der Waals surface area contributed by atoms with E-state index in [0.717, 1.165) is 57.9 Å². The van der Waals surface area contributed by atoms with Gasteiger partial charge in [-0.3, -0.25) is 0 Å². The second-order valence-electron chi connectivity index (χ2n) is 18.8. The number of halogens is 6. The van der Waals surface area contributed by atoms with E-state index in [4.69, 9.17) is 9.41 Å². The largest absolute Gasteiger partial charge is 0.456 e. The van der Waals surface area contributed by atoms with Crippen LogP contribution in [0.2, 0.25) is 0 Å². The van der Waals surface area contributed by atoms with E-state index in [1.54, 1.807) is 36.4 Å². The summed E-state index contributed by atoms with van der Waals surface area (Å²) in [5, 5.41) is -9.99. The Hall–Kier alpha value is -6.48. The van der Waals surface area contributed by atoms with Crippen LogP contribution in [0, 0.1) is 0 Å². The van der Waals surface area contributed by atoms with Crippen LogP contribution in [-0.4, -0.2) is 41.7 Å². The van der Waals surface area contributed by atoms with Gasteiger partial charge in [0.25, 0.3) is 20.0 Å². The van der Waals surface area contributed by atoms with Gasteiger partial charge in [-0.05, 0) is 94.0 Å². The molecule has 0 saturated carbocycles.